The summed E-state index contributed by atoms with van der Waals surface area (Å²) in [4.78, 5) is 17.0. The molecule has 7 nitrogen and oxygen atoms in total. The van der Waals surface area contributed by atoms with Gasteiger partial charge in [-0.2, -0.15) is 0 Å². The molecule has 0 spiro atoms. The summed E-state index contributed by atoms with van der Waals surface area (Å²) >= 11 is 0. The lowest BCUT2D eigenvalue weighted by molar-refractivity contribution is 0.0662. The van der Waals surface area contributed by atoms with Crippen LogP contribution in [0.2, 0.25) is 0 Å². The second kappa shape index (κ2) is 12.9. The lowest BCUT2D eigenvalue weighted by Crippen LogP contribution is -2.49. The number of carbonyl (C=O) groups excluding carboxylic acids is 1. The number of para-hydroxylation sites is 2. The van der Waals surface area contributed by atoms with Crippen LogP contribution in [0.3, 0.4) is 0 Å². The van der Waals surface area contributed by atoms with Crippen molar-refractivity contribution < 1.29 is 24.1 Å². The molecule has 0 bridgehead atoms. The third kappa shape index (κ3) is 7.35. The molecule has 7 heteroatoms. The number of rotatable bonds is 11. The first-order valence-electron chi connectivity index (χ1n) is 12.4. The maximum Gasteiger partial charge on any atom is 0.185 e. The molecule has 0 aromatic heterocycles. The Kier molecular flexibility index (Phi) is 9.18. The van der Waals surface area contributed by atoms with Gasteiger partial charge in [0.05, 0.1) is 19.9 Å². The molecule has 1 atom stereocenters. The van der Waals surface area contributed by atoms with Crippen molar-refractivity contribution in [2.24, 2.45) is 0 Å². The summed E-state index contributed by atoms with van der Waals surface area (Å²) in [5.74, 6) is 2.19. The van der Waals surface area contributed by atoms with E-state index in [1.165, 1.54) is 0 Å². The van der Waals surface area contributed by atoms with E-state index in [1.807, 2.05) is 42.5 Å². The monoisotopic (exact) mass is 502 g/mol. The number of aliphatic hydroxyl groups excluding tert-OH is 1. The van der Waals surface area contributed by atoms with Crippen LogP contribution in [-0.4, -0.2) is 75.4 Å². The molecule has 1 aliphatic heterocycles. The van der Waals surface area contributed by atoms with Crippen molar-refractivity contribution in [1.29, 1.82) is 0 Å². The number of methoxy groups -OCH3 is 2. The first kappa shape index (κ1) is 26.3. The number of allylic oxidation sites excluding steroid dienone is 1. The first-order valence-corrected chi connectivity index (χ1v) is 12.4. The highest BCUT2D eigenvalue weighted by Crippen LogP contribution is 2.28. The molecule has 194 valence electrons. The van der Waals surface area contributed by atoms with E-state index in [0.29, 0.717) is 17.9 Å². The summed E-state index contributed by atoms with van der Waals surface area (Å²) < 4.78 is 16.4. The number of anilines is 1. The summed E-state index contributed by atoms with van der Waals surface area (Å²) in [7, 11) is 3.31. The topological polar surface area (TPSA) is 71.5 Å². The van der Waals surface area contributed by atoms with Crippen molar-refractivity contribution >= 4 is 17.5 Å². The minimum absolute atomic E-state index is 0.0883. The number of hydrogen-bond acceptors (Lipinski definition) is 7. The second-order valence-corrected chi connectivity index (χ2v) is 8.92. The third-order valence-electron chi connectivity index (χ3n) is 6.39. The Morgan fingerprint density at radius 3 is 2.24 bits per heavy atom. The Bertz CT molecular complexity index is 1170. The molecule has 3 aromatic carbocycles. The Hall–Kier alpha value is -3.81. The van der Waals surface area contributed by atoms with Gasteiger partial charge in [-0.3, -0.25) is 9.69 Å². The summed E-state index contributed by atoms with van der Waals surface area (Å²) in [5, 5.41) is 10.5. The van der Waals surface area contributed by atoms with Gasteiger partial charge < -0.3 is 24.2 Å². The van der Waals surface area contributed by atoms with Gasteiger partial charge in [0.25, 0.3) is 0 Å². The fraction of sp³-hybridized carbons (Fsp3) is 0.300. The first-order chi connectivity index (χ1) is 18.1. The van der Waals surface area contributed by atoms with E-state index in [4.69, 9.17) is 14.2 Å². The van der Waals surface area contributed by atoms with Gasteiger partial charge in [-0.15, -0.1) is 0 Å². The highest BCUT2D eigenvalue weighted by molar-refractivity contribution is 6.06. The zero-order chi connectivity index (χ0) is 26.0. The van der Waals surface area contributed by atoms with E-state index in [-0.39, 0.29) is 12.4 Å². The highest BCUT2D eigenvalue weighted by atomic mass is 16.5. The zero-order valence-corrected chi connectivity index (χ0v) is 21.4. The summed E-state index contributed by atoms with van der Waals surface area (Å²) in [6, 6.07) is 22.5. The van der Waals surface area contributed by atoms with Crippen LogP contribution in [0, 0.1) is 0 Å². The predicted octanol–water partition coefficient (Wildman–Crippen LogP) is 4.16. The van der Waals surface area contributed by atoms with Crippen molar-refractivity contribution in [3.63, 3.8) is 0 Å². The van der Waals surface area contributed by atoms with Crippen LogP contribution in [0.25, 0.3) is 6.08 Å². The molecule has 0 aliphatic carbocycles. The van der Waals surface area contributed by atoms with Gasteiger partial charge in [0.2, 0.25) is 0 Å². The molecule has 1 N–H and O–H groups in total. The fourth-order valence-corrected chi connectivity index (χ4v) is 4.30. The van der Waals surface area contributed by atoms with Gasteiger partial charge in [-0.1, -0.05) is 30.3 Å². The van der Waals surface area contributed by atoms with Crippen LogP contribution < -0.4 is 19.1 Å². The standard InChI is InChI=1S/C30H34N2O5/c1-35-26-12-7-23(8-13-26)9-16-29(34)24-10-14-27(15-11-24)37-22-25(33)21-31-17-19-32(20-18-31)28-5-3-4-6-30(28)36-2/h3-16,25,33H,17-22H2,1-2H3/b16-9+. The Morgan fingerprint density at radius 2 is 1.57 bits per heavy atom. The Balaban J connectivity index is 1.20. The van der Waals surface area contributed by atoms with E-state index >= 15 is 0 Å². The molecular formula is C30H34N2O5. The minimum atomic E-state index is -0.605. The molecule has 1 saturated heterocycles. The normalized spacial score (nSPS) is 14.9. The second-order valence-electron chi connectivity index (χ2n) is 8.92. The summed E-state index contributed by atoms with van der Waals surface area (Å²) in [6.45, 7) is 4.20. The van der Waals surface area contributed by atoms with Gasteiger partial charge in [0.15, 0.2) is 5.78 Å². The van der Waals surface area contributed by atoms with Crippen LogP contribution in [0.5, 0.6) is 17.2 Å². The molecular weight excluding hydrogens is 468 g/mol. The number of nitrogens with zero attached hydrogens (tertiary/aromatic N) is 2. The molecule has 1 fully saturated rings. The molecule has 3 aromatic rings. The zero-order valence-electron chi connectivity index (χ0n) is 21.4. The quantitative estimate of drug-likeness (QED) is 0.312. The van der Waals surface area contributed by atoms with E-state index in [9.17, 15) is 9.90 Å². The Labute approximate surface area is 218 Å². The van der Waals surface area contributed by atoms with E-state index in [0.717, 1.165) is 48.9 Å². The van der Waals surface area contributed by atoms with Crippen molar-refractivity contribution in [2.75, 3.05) is 58.5 Å². The smallest absolute Gasteiger partial charge is 0.185 e. The number of carbonyl (C=O) groups is 1. The van der Waals surface area contributed by atoms with Crippen LogP contribution in [-0.2, 0) is 0 Å². The average Bonchev–Trinajstić information content (AvgIpc) is 2.95. The maximum atomic E-state index is 12.5. The third-order valence-corrected chi connectivity index (χ3v) is 6.39. The van der Waals surface area contributed by atoms with Crippen molar-refractivity contribution in [1.82, 2.24) is 4.90 Å². The maximum absolute atomic E-state index is 12.5. The highest BCUT2D eigenvalue weighted by Gasteiger charge is 2.21. The fourth-order valence-electron chi connectivity index (χ4n) is 4.30. The molecule has 1 aliphatic rings. The molecule has 0 radical (unpaired) electrons. The van der Waals surface area contributed by atoms with Gasteiger partial charge in [0.1, 0.15) is 30.0 Å². The SMILES string of the molecule is COc1ccc(/C=C/C(=O)c2ccc(OCC(O)CN3CCN(c4ccccc4OC)CC3)cc2)cc1. The summed E-state index contributed by atoms with van der Waals surface area (Å²) in [6.07, 6.45) is 2.72. The molecule has 1 unspecified atom stereocenters. The lowest BCUT2D eigenvalue weighted by Gasteiger charge is -2.37. The molecule has 1 heterocycles. The van der Waals surface area contributed by atoms with Crippen molar-refractivity contribution in [2.45, 2.75) is 6.10 Å². The number of benzene rings is 3. The van der Waals surface area contributed by atoms with Gasteiger partial charge in [-0.25, -0.2) is 0 Å². The van der Waals surface area contributed by atoms with Crippen molar-refractivity contribution in [3.8, 4) is 17.2 Å². The Morgan fingerprint density at radius 1 is 0.892 bits per heavy atom. The largest absolute Gasteiger partial charge is 0.497 e. The number of piperazine rings is 1. The van der Waals surface area contributed by atoms with E-state index in [1.54, 1.807) is 50.6 Å². The number of ether oxygens (including phenoxy) is 3. The molecule has 0 saturated carbocycles. The lowest BCUT2D eigenvalue weighted by atomic mass is 10.1. The van der Waals surface area contributed by atoms with Gasteiger partial charge >= 0.3 is 0 Å². The van der Waals surface area contributed by atoms with Crippen LogP contribution >= 0.6 is 0 Å². The molecule has 4 rings (SSSR count). The van der Waals surface area contributed by atoms with E-state index in [2.05, 4.69) is 15.9 Å². The number of hydrogen-bond donors (Lipinski definition) is 1. The average molecular weight is 503 g/mol. The number of aliphatic hydroxyl groups is 1. The number of β-amino-alcohol motifs (C(OH)–C–C–N with tert-alkyl or cyclic N) is 1. The molecule has 37 heavy (non-hydrogen) atoms. The van der Waals surface area contributed by atoms with Gasteiger partial charge in [-0.05, 0) is 60.2 Å². The summed E-state index contributed by atoms with van der Waals surface area (Å²) in [5.41, 5.74) is 2.60. The van der Waals surface area contributed by atoms with Gasteiger partial charge in [0, 0.05) is 38.3 Å². The van der Waals surface area contributed by atoms with Crippen LogP contribution in [0.4, 0.5) is 5.69 Å². The van der Waals surface area contributed by atoms with Crippen LogP contribution in [0.15, 0.2) is 78.9 Å². The molecule has 0 amide bonds. The predicted molar refractivity (Wildman–Crippen MR) is 146 cm³/mol. The van der Waals surface area contributed by atoms with E-state index < -0.39 is 6.10 Å². The van der Waals surface area contributed by atoms with Crippen LogP contribution in [0.1, 0.15) is 15.9 Å². The number of ketones is 1. The minimum Gasteiger partial charge on any atom is -0.497 e. The van der Waals surface area contributed by atoms with Crippen molar-refractivity contribution in [3.05, 3.63) is 90.0 Å².